The molecule has 0 radical (unpaired) electrons. The third-order valence-electron chi connectivity index (χ3n) is 6.49. The molecule has 182 valence electrons. The van der Waals surface area contributed by atoms with Crippen LogP contribution < -0.4 is 0 Å². The van der Waals surface area contributed by atoms with Gasteiger partial charge in [-0.25, -0.2) is 4.79 Å². The topological polar surface area (TPSA) is 60.8 Å². The Bertz CT molecular complexity index is 883. The molecule has 0 spiro atoms. The fraction of sp³-hybridized carbons (Fsp3) is 0.500. The van der Waals surface area contributed by atoms with E-state index in [1.807, 2.05) is 0 Å². The van der Waals surface area contributed by atoms with Gasteiger partial charge in [-0.05, 0) is 58.4 Å². The van der Waals surface area contributed by atoms with Crippen molar-refractivity contribution in [3.05, 3.63) is 64.7 Å². The zero-order chi connectivity index (χ0) is 24.8. The molecular formula is C26H38ClNO3SSi. The van der Waals surface area contributed by atoms with E-state index in [1.165, 1.54) is 9.80 Å². The maximum Gasteiger partial charge on any atom is 0.407 e. The lowest BCUT2D eigenvalue weighted by Crippen LogP contribution is -2.40. The molecule has 0 fully saturated rings. The van der Waals surface area contributed by atoms with Crippen molar-refractivity contribution in [1.29, 1.82) is 0 Å². The van der Waals surface area contributed by atoms with Gasteiger partial charge in [-0.1, -0.05) is 77.4 Å². The molecule has 33 heavy (non-hydrogen) atoms. The average molecular weight is 508 g/mol. The Kier molecular flexibility index (Phi) is 10.3. The molecule has 0 aliphatic heterocycles. The van der Waals surface area contributed by atoms with Gasteiger partial charge >= 0.3 is 6.09 Å². The van der Waals surface area contributed by atoms with Gasteiger partial charge in [0.2, 0.25) is 0 Å². The minimum Gasteiger partial charge on any atom is -0.465 e. The van der Waals surface area contributed by atoms with E-state index in [4.69, 9.17) is 11.6 Å². The highest BCUT2D eigenvalue weighted by Gasteiger charge is 2.43. The van der Waals surface area contributed by atoms with Crippen LogP contribution in [0.5, 0.6) is 0 Å². The molecule has 2 aromatic carbocycles. The summed E-state index contributed by atoms with van der Waals surface area (Å²) in [4.78, 5) is 14.3. The molecule has 1 amide bonds. The molecular weight excluding hydrogens is 470 g/mol. The number of benzene rings is 2. The number of hydrogen-bond acceptors (Lipinski definition) is 3. The van der Waals surface area contributed by atoms with Crippen LogP contribution in [0.2, 0.25) is 21.6 Å². The van der Waals surface area contributed by atoms with Crippen LogP contribution >= 0.6 is 22.8 Å². The van der Waals surface area contributed by atoms with Crippen LogP contribution in [-0.4, -0.2) is 41.5 Å². The third kappa shape index (κ3) is 7.25. The first-order chi connectivity index (χ1) is 15.5. The number of nitrogens with zero attached hydrogens (tertiary/aromatic N) is 1. The second-order valence-corrected chi connectivity index (χ2v) is 18.6. The number of aliphatic hydroxyl groups excluding tert-OH is 1. The molecule has 4 nitrogen and oxygen atoms in total. The first kappa shape index (κ1) is 27.8. The van der Waals surface area contributed by atoms with Crippen LogP contribution in [-0.2, 0) is 6.42 Å². The third-order valence-corrected chi connectivity index (χ3v) is 19.0. The van der Waals surface area contributed by atoms with E-state index in [1.54, 1.807) is 24.3 Å². The van der Waals surface area contributed by atoms with Crippen LogP contribution in [0.3, 0.4) is 0 Å². The summed E-state index contributed by atoms with van der Waals surface area (Å²) in [5.41, 5.74) is 3.74. The number of halogens is 1. The Hall–Kier alpha value is -1.47. The lowest BCUT2D eigenvalue weighted by Gasteiger charge is -2.42. The van der Waals surface area contributed by atoms with Gasteiger partial charge in [0.25, 0.3) is 0 Å². The Morgan fingerprint density at radius 1 is 1.00 bits per heavy atom. The lowest BCUT2D eigenvalue weighted by atomic mass is 10.1. The van der Waals surface area contributed by atoms with Crippen molar-refractivity contribution >= 4 is 36.1 Å². The van der Waals surface area contributed by atoms with E-state index in [-0.39, 0.29) is 6.54 Å². The normalized spacial score (nSPS) is 13.1. The van der Waals surface area contributed by atoms with E-state index in [0.717, 1.165) is 5.56 Å². The van der Waals surface area contributed by atoms with E-state index in [2.05, 4.69) is 77.0 Å². The molecule has 1 atom stereocenters. The molecule has 0 saturated carbocycles. The molecule has 0 aromatic heterocycles. The van der Waals surface area contributed by atoms with Gasteiger partial charge in [0.05, 0.1) is 12.6 Å². The number of amides is 1. The van der Waals surface area contributed by atoms with Crippen LogP contribution in [0.25, 0.3) is 0 Å². The Labute approximate surface area is 209 Å². The van der Waals surface area contributed by atoms with E-state index >= 15 is 0 Å². The number of hydrogen-bond donors (Lipinski definition) is 2. The van der Waals surface area contributed by atoms with Gasteiger partial charge in [-0.2, -0.15) is 11.2 Å². The van der Waals surface area contributed by atoms with Crippen LogP contribution in [0, 0.1) is 0 Å². The first-order valence-electron chi connectivity index (χ1n) is 11.7. The molecule has 2 N–H and O–H groups in total. The molecule has 2 rings (SSSR count). The summed E-state index contributed by atoms with van der Waals surface area (Å²) in [5.74, 6) is 0. The average Bonchev–Trinajstić information content (AvgIpc) is 2.74. The number of aliphatic hydroxyl groups is 1. The predicted molar refractivity (Wildman–Crippen MR) is 143 cm³/mol. The summed E-state index contributed by atoms with van der Waals surface area (Å²) < 4.78 is 0. The monoisotopic (exact) mass is 507 g/mol. The van der Waals surface area contributed by atoms with E-state index in [9.17, 15) is 15.0 Å². The van der Waals surface area contributed by atoms with E-state index < -0.39 is 19.4 Å². The van der Waals surface area contributed by atoms with Crippen molar-refractivity contribution in [2.75, 3.05) is 13.1 Å². The maximum atomic E-state index is 11.7. The Morgan fingerprint density at radius 3 is 2.06 bits per heavy atom. The second kappa shape index (κ2) is 12.3. The lowest BCUT2D eigenvalue weighted by molar-refractivity contribution is 0.0973. The van der Waals surface area contributed by atoms with Gasteiger partial charge in [0.1, 0.15) is 7.22 Å². The van der Waals surface area contributed by atoms with E-state index in [0.29, 0.717) is 40.2 Å². The molecule has 0 saturated heterocycles. The molecule has 0 aliphatic carbocycles. The van der Waals surface area contributed by atoms with Crippen molar-refractivity contribution in [2.45, 2.75) is 75.6 Å². The van der Waals surface area contributed by atoms with Crippen molar-refractivity contribution in [3.8, 4) is 0 Å². The van der Waals surface area contributed by atoms with Gasteiger partial charge in [-0.15, -0.1) is 0 Å². The number of carboxylic acid groups (broad SMARTS) is 1. The summed E-state index contributed by atoms with van der Waals surface area (Å²) in [7, 11) is -1.60. The van der Waals surface area contributed by atoms with Crippen molar-refractivity contribution in [2.24, 2.45) is 0 Å². The highest BCUT2D eigenvalue weighted by molar-refractivity contribution is 8.29. The van der Waals surface area contributed by atoms with Gasteiger partial charge in [0, 0.05) is 16.5 Å². The SMILES string of the molecule is CC(C)[Si](Sc1ccc(CCN(C[C@@H](O)c2cccc(Cl)c2)C(=O)O)cc1)(C(C)C)C(C)C. The predicted octanol–water partition coefficient (Wildman–Crippen LogP) is 7.86. The largest absolute Gasteiger partial charge is 0.465 e. The summed E-state index contributed by atoms with van der Waals surface area (Å²) in [6, 6.07) is 15.5. The molecule has 7 heteroatoms. The van der Waals surface area contributed by atoms with Crippen LogP contribution in [0.15, 0.2) is 53.4 Å². The molecule has 0 bridgehead atoms. The van der Waals surface area contributed by atoms with Crippen molar-refractivity contribution < 1.29 is 15.0 Å². The maximum absolute atomic E-state index is 11.7. The number of carbonyl (C=O) groups is 1. The number of rotatable bonds is 11. The summed E-state index contributed by atoms with van der Waals surface area (Å²) in [5, 5.41) is 20.6. The molecule has 0 heterocycles. The van der Waals surface area contributed by atoms with Crippen LogP contribution in [0.4, 0.5) is 4.79 Å². The van der Waals surface area contributed by atoms with Crippen LogP contribution in [0.1, 0.15) is 58.8 Å². The Morgan fingerprint density at radius 2 is 1.58 bits per heavy atom. The fourth-order valence-corrected chi connectivity index (χ4v) is 14.2. The first-order valence-corrected chi connectivity index (χ1v) is 15.8. The zero-order valence-corrected chi connectivity index (χ0v) is 23.2. The molecule has 0 unspecified atom stereocenters. The van der Waals surface area contributed by atoms with Crippen molar-refractivity contribution in [1.82, 2.24) is 4.90 Å². The second-order valence-electron chi connectivity index (χ2n) is 9.61. The minimum absolute atomic E-state index is 0.00883. The van der Waals surface area contributed by atoms with Crippen molar-refractivity contribution in [3.63, 3.8) is 0 Å². The Balaban J connectivity index is 2.05. The van der Waals surface area contributed by atoms with Gasteiger partial charge in [-0.3, -0.25) is 0 Å². The summed E-state index contributed by atoms with van der Waals surface area (Å²) in [6.07, 6.45) is -1.36. The minimum atomic E-state index is -1.60. The quantitative estimate of drug-likeness (QED) is 0.304. The smallest absolute Gasteiger partial charge is 0.407 e. The standard InChI is InChI=1S/C26H38ClNO3SSi/c1-18(2)33(19(3)4,20(5)6)32-24-12-10-21(11-13-24)14-15-28(26(30)31)17-25(29)22-8-7-9-23(27)16-22/h7-13,16,18-20,25,29H,14-15,17H2,1-6H3,(H,30,31)/t25-/m1/s1. The summed E-state index contributed by atoms with van der Waals surface area (Å²) in [6.45, 7) is 14.5. The fourth-order valence-electron chi connectivity index (χ4n) is 4.84. The molecule has 0 aliphatic rings. The summed E-state index contributed by atoms with van der Waals surface area (Å²) >= 11 is 8.09. The zero-order valence-electron chi connectivity index (χ0n) is 20.6. The highest BCUT2D eigenvalue weighted by atomic mass is 35.5. The highest BCUT2D eigenvalue weighted by Crippen LogP contribution is 2.51. The van der Waals surface area contributed by atoms with Gasteiger partial charge < -0.3 is 15.1 Å². The van der Waals surface area contributed by atoms with Gasteiger partial charge in [0.15, 0.2) is 0 Å². The molecule has 2 aromatic rings.